The number of aromatic nitrogens is 1. The molecule has 1 aromatic heterocycles. The first-order valence-electron chi connectivity index (χ1n) is 12.3. The second-order valence-corrected chi connectivity index (χ2v) is 9.91. The number of fused-ring (bicyclic) bond motifs is 1. The summed E-state index contributed by atoms with van der Waals surface area (Å²) in [7, 11) is 0. The van der Waals surface area contributed by atoms with Gasteiger partial charge in [0, 0.05) is 56.9 Å². The van der Waals surface area contributed by atoms with E-state index in [0.29, 0.717) is 45.0 Å². The van der Waals surface area contributed by atoms with Crippen molar-refractivity contribution >= 4 is 11.7 Å². The molecule has 3 aliphatic heterocycles. The largest absolute Gasteiger partial charge is 0.378 e. The second-order valence-electron chi connectivity index (χ2n) is 9.91. The van der Waals surface area contributed by atoms with Gasteiger partial charge in [0.25, 0.3) is 0 Å². The van der Waals surface area contributed by atoms with Gasteiger partial charge in [-0.05, 0) is 32.3 Å². The number of aryl methyl sites for hydroxylation is 1. The molecule has 1 amide bonds. The predicted octanol–water partition coefficient (Wildman–Crippen LogP) is 2.13. The molecule has 0 spiro atoms. The molecule has 0 saturated carbocycles. The lowest BCUT2D eigenvalue weighted by Crippen LogP contribution is -2.52. The molecule has 0 unspecified atom stereocenters. The Balaban J connectivity index is 1.50. The van der Waals surface area contributed by atoms with E-state index in [1.54, 1.807) is 0 Å². The van der Waals surface area contributed by atoms with E-state index in [4.69, 9.17) is 14.5 Å². The summed E-state index contributed by atoms with van der Waals surface area (Å²) >= 11 is 0. The standard InChI is InChI=1S/C25H37N5O3/c1-4-5-6-22-21-18-33-25(2,3)15-19(21)20(16-26)24(27-22)30-9-7-28(8-10-30)17-23(31)29-11-13-32-14-12-29/h4-15,17-18H2,1-3H3. The lowest BCUT2D eigenvalue weighted by atomic mass is 9.87. The minimum Gasteiger partial charge on any atom is -0.378 e. The van der Waals surface area contributed by atoms with E-state index in [9.17, 15) is 10.1 Å². The first-order valence-corrected chi connectivity index (χ1v) is 12.3. The van der Waals surface area contributed by atoms with E-state index in [0.717, 1.165) is 74.5 Å². The minimum absolute atomic E-state index is 0.181. The molecule has 4 rings (SSSR count). The molecule has 0 aromatic carbocycles. The van der Waals surface area contributed by atoms with Crippen LogP contribution in [0.3, 0.4) is 0 Å². The van der Waals surface area contributed by atoms with Crippen molar-refractivity contribution in [1.29, 1.82) is 5.26 Å². The highest BCUT2D eigenvalue weighted by Crippen LogP contribution is 2.36. The Morgan fingerprint density at radius 2 is 1.85 bits per heavy atom. The highest BCUT2D eigenvalue weighted by molar-refractivity contribution is 5.78. The van der Waals surface area contributed by atoms with Crippen LogP contribution in [-0.2, 0) is 33.7 Å². The van der Waals surface area contributed by atoms with Gasteiger partial charge in [-0.1, -0.05) is 13.3 Å². The normalized spacial score (nSPS) is 20.9. The van der Waals surface area contributed by atoms with Gasteiger partial charge in [-0.15, -0.1) is 0 Å². The zero-order valence-corrected chi connectivity index (χ0v) is 20.4. The molecular formula is C25H37N5O3. The molecular weight excluding hydrogens is 418 g/mol. The molecule has 4 heterocycles. The SMILES string of the molecule is CCCCc1nc(N2CCN(CC(=O)N3CCOCC3)CC2)c(C#N)c2c1COC(C)(C)C2. The fraction of sp³-hybridized carbons (Fsp3) is 0.720. The number of nitrogens with zero attached hydrogens (tertiary/aromatic N) is 5. The summed E-state index contributed by atoms with van der Waals surface area (Å²) in [4.78, 5) is 24.0. The van der Waals surface area contributed by atoms with Crippen LogP contribution < -0.4 is 4.90 Å². The molecule has 8 heteroatoms. The zero-order valence-electron chi connectivity index (χ0n) is 20.4. The summed E-state index contributed by atoms with van der Waals surface area (Å²) in [5, 5.41) is 10.1. The van der Waals surface area contributed by atoms with Crippen LogP contribution in [0.4, 0.5) is 5.82 Å². The Bertz CT molecular complexity index is 896. The van der Waals surface area contributed by atoms with Crippen LogP contribution in [0.5, 0.6) is 0 Å². The van der Waals surface area contributed by atoms with Crippen LogP contribution in [-0.4, -0.2) is 85.3 Å². The number of carbonyl (C=O) groups is 1. The highest BCUT2D eigenvalue weighted by atomic mass is 16.5. The molecule has 0 aliphatic carbocycles. The van der Waals surface area contributed by atoms with Crippen LogP contribution in [0, 0.1) is 11.3 Å². The van der Waals surface area contributed by atoms with Crippen molar-refractivity contribution < 1.29 is 14.3 Å². The van der Waals surface area contributed by atoms with Crippen LogP contribution in [0.1, 0.15) is 56.0 Å². The van der Waals surface area contributed by atoms with Crippen molar-refractivity contribution in [2.75, 3.05) is 63.9 Å². The Hall–Kier alpha value is -2.21. The van der Waals surface area contributed by atoms with E-state index < -0.39 is 0 Å². The summed E-state index contributed by atoms with van der Waals surface area (Å²) in [6, 6.07) is 2.48. The molecule has 33 heavy (non-hydrogen) atoms. The number of morpholine rings is 1. The molecule has 180 valence electrons. The number of unbranched alkanes of at least 4 members (excludes halogenated alkanes) is 1. The number of ether oxygens (including phenoxy) is 2. The molecule has 8 nitrogen and oxygen atoms in total. The predicted molar refractivity (Wildman–Crippen MR) is 126 cm³/mol. The van der Waals surface area contributed by atoms with E-state index >= 15 is 0 Å². The number of pyridine rings is 1. The van der Waals surface area contributed by atoms with Gasteiger partial charge >= 0.3 is 0 Å². The number of hydrogen-bond donors (Lipinski definition) is 0. The number of rotatable bonds is 6. The Kier molecular flexibility index (Phi) is 7.52. The lowest BCUT2D eigenvalue weighted by Gasteiger charge is -2.38. The average molecular weight is 456 g/mol. The highest BCUT2D eigenvalue weighted by Gasteiger charge is 2.33. The van der Waals surface area contributed by atoms with Gasteiger partial charge < -0.3 is 19.3 Å². The van der Waals surface area contributed by atoms with Crippen LogP contribution in [0.15, 0.2) is 0 Å². The van der Waals surface area contributed by atoms with Gasteiger partial charge in [0.2, 0.25) is 5.91 Å². The fourth-order valence-corrected chi connectivity index (χ4v) is 4.94. The van der Waals surface area contributed by atoms with E-state index in [2.05, 4.69) is 36.6 Å². The van der Waals surface area contributed by atoms with Gasteiger partial charge in [-0.3, -0.25) is 9.69 Å². The molecule has 0 N–H and O–H groups in total. The molecule has 3 aliphatic rings. The minimum atomic E-state index is -0.280. The maximum atomic E-state index is 12.6. The number of piperazine rings is 1. The fourth-order valence-electron chi connectivity index (χ4n) is 4.94. The smallest absolute Gasteiger partial charge is 0.236 e. The summed E-state index contributed by atoms with van der Waals surface area (Å²) in [6.45, 7) is 13.1. The van der Waals surface area contributed by atoms with Crippen LogP contribution >= 0.6 is 0 Å². The maximum Gasteiger partial charge on any atom is 0.236 e. The summed E-state index contributed by atoms with van der Waals surface area (Å²) in [5.41, 5.74) is 3.76. The third-order valence-electron chi connectivity index (χ3n) is 6.96. The molecule has 2 fully saturated rings. The Morgan fingerprint density at radius 3 is 2.52 bits per heavy atom. The van der Waals surface area contributed by atoms with Gasteiger partial charge in [0.15, 0.2) is 0 Å². The zero-order chi connectivity index (χ0) is 23.4. The quantitative estimate of drug-likeness (QED) is 0.650. The topological polar surface area (TPSA) is 81.9 Å². The Morgan fingerprint density at radius 1 is 1.12 bits per heavy atom. The maximum absolute atomic E-state index is 12.6. The second kappa shape index (κ2) is 10.4. The molecule has 0 radical (unpaired) electrons. The summed E-state index contributed by atoms with van der Waals surface area (Å²) < 4.78 is 11.4. The first kappa shape index (κ1) is 23.9. The third-order valence-corrected chi connectivity index (χ3v) is 6.96. The van der Waals surface area contributed by atoms with Crippen molar-refractivity contribution in [1.82, 2.24) is 14.8 Å². The van der Waals surface area contributed by atoms with Crippen LogP contribution in [0.2, 0.25) is 0 Å². The van der Waals surface area contributed by atoms with Crippen LogP contribution in [0.25, 0.3) is 0 Å². The Labute approximate surface area is 197 Å². The van der Waals surface area contributed by atoms with Gasteiger partial charge in [0.1, 0.15) is 11.9 Å². The van der Waals surface area contributed by atoms with E-state index in [1.165, 1.54) is 0 Å². The van der Waals surface area contributed by atoms with Gasteiger partial charge in [-0.25, -0.2) is 4.98 Å². The molecule has 0 atom stereocenters. The monoisotopic (exact) mass is 455 g/mol. The summed E-state index contributed by atoms with van der Waals surface area (Å²) in [5.74, 6) is 1.000. The van der Waals surface area contributed by atoms with E-state index in [1.807, 2.05) is 4.90 Å². The number of amides is 1. The summed E-state index contributed by atoms with van der Waals surface area (Å²) in [6.07, 6.45) is 3.82. The van der Waals surface area contributed by atoms with Crippen molar-refractivity contribution in [2.24, 2.45) is 0 Å². The van der Waals surface area contributed by atoms with Crippen molar-refractivity contribution in [3.63, 3.8) is 0 Å². The molecule has 0 bridgehead atoms. The molecule has 1 aromatic rings. The number of hydrogen-bond acceptors (Lipinski definition) is 7. The lowest BCUT2D eigenvalue weighted by molar-refractivity contribution is -0.136. The number of carbonyl (C=O) groups excluding carboxylic acids is 1. The number of anilines is 1. The van der Waals surface area contributed by atoms with Crippen molar-refractivity contribution in [3.8, 4) is 6.07 Å². The van der Waals surface area contributed by atoms with Gasteiger partial charge in [-0.2, -0.15) is 5.26 Å². The van der Waals surface area contributed by atoms with Crippen molar-refractivity contribution in [2.45, 2.75) is 58.7 Å². The molecule has 2 saturated heterocycles. The van der Waals surface area contributed by atoms with Gasteiger partial charge in [0.05, 0.1) is 37.5 Å². The first-order chi connectivity index (χ1) is 15.9. The number of nitriles is 1. The van der Waals surface area contributed by atoms with E-state index in [-0.39, 0.29) is 11.5 Å². The average Bonchev–Trinajstić information content (AvgIpc) is 2.82. The van der Waals surface area contributed by atoms with Crippen molar-refractivity contribution in [3.05, 3.63) is 22.4 Å². The third kappa shape index (κ3) is 5.48.